The van der Waals surface area contributed by atoms with Crippen molar-refractivity contribution in [2.24, 2.45) is 5.84 Å². The van der Waals surface area contributed by atoms with E-state index in [9.17, 15) is 12.8 Å². The molecule has 1 aromatic carbocycles. The summed E-state index contributed by atoms with van der Waals surface area (Å²) in [5, 5.41) is -0.503. The topological polar surface area (TPSA) is 72.2 Å². The summed E-state index contributed by atoms with van der Waals surface area (Å²) in [5.74, 6) is 5.39. The average molecular weight is 365 g/mol. The Morgan fingerprint density at radius 3 is 2.85 bits per heavy atom. The first-order chi connectivity index (χ1) is 9.45. The maximum Gasteiger partial charge on any atom is 0.154 e. The molecule has 1 fully saturated rings. The van der Waals surface area contributed by atoms with E-state index in [0.29, 0.717) is 29.3 Å². The predicted octanol–water partition coefficient (Wildman–Crippen LogP) is 1.93. The lowest BCUT2D eigenvalue weighted by molar-refractivity contribution is 0.439. The standard InChI is InChI=1S/C13H18BrFN2O2S/c14-13-9(4-3-5-10(13)15)8-11(17-16)12-6-1-2-7-20(12,18)19/h3-5,11-12,17H,1-2,6-8,16H2. The van der Waals surface area contributed by atoms with Crippen LogP contribution in [0.1, 0.15) is 24.8 Å². The first kappa shape index (κ1) is 15.9. The summed E-state index contributed by atoms with van der Waals surface area (Å²) >= 11 is 3.20. The Morgan fingerprint density at radius 1 is 1.45 bits per heavy atom. The van der Waals surface area contributed by atoms with E-state index in [1.807, 2.05) is 0 Å². The molecular formula is C13H18BrFN2O2S. The number of hydrogen-bond donors (Lipinski definition) is 2. The quantitative estimate of drug-likeness (QED) is 0.632. The summed E-state index contributed by atoms with van der Waals surface area (Å²) in [4.78, 5) is 0. The lowest BCUT2D eigenvalue weighted by Gasteiger charge is -2.29. The minimum atomic E-state index is -3.13. The van der Waals surface area contributed by atoms with Crippen LogP contribution in [-0.2, 0) is 16.3 Å². The predicted molar refractivity (Wildman–Crippen MR) is 80.3 cm³/mol. The number of sulfone groups is 1. The van der Waals surface area contributed by atoms with Crippen molar-refractivity contribution in [3.63, 3.8) is 0 Å². The van der Waals surface area contributed by atoms with Crippen LogP contribution in [0.25, 0.3) is 0 Å². The molecule has 7 heteroatoms. The van der Waals surface area contributed by atoms with Gasteiger partial charge in [-0.2, -0.15) is 0 Å². The van der Waals surface area contributed by atoms with Gasteiger partial charge in [0, 0.05) is 6.04 Å². The second-order valence-corrected chi connectivity index (χ2v) is 8.22. The van der Waals surface area contributed by atoms with Gasteiger partial charge >= 0.3 is 0 Å². The zero-order chi connectivity index (χ0) is 14.8. The van der Waals surface area contributed by atoms with Crippen molar-refractivity contribution in [3.05, 3.63) is 34.1 Å². The van der Waals surface area contributed by atoms with Gasteiger partial charge in [-0.05, 0) is 46.8 Å². The molecule has 1 aromatic rings. The van der Waals surface area contributed by atoms with Gasteiger partial charge in [-0.3, -0.25) is 11.3 Å². The van der Waals surface area contributed by atoms with E-state index in [-0.39, 0.29) is 11.6 Å². The zero-order valence-corrected chi connectivity index (χ0v) is 13.4. The molecule has 2 unspecified atom stereocenters. The molecule has 1 aliphatic rings. The lowest BCUT2D eigenvalue weighted by atomic mass is 10.00. The van der Waals surface area contributed by atoms with Crippen molar-refractivity contribution in [1.82, 2.24) is 5.43 Å². The van der Waals surface area contributed by atoms with Gasteiger partial charge < -0.3 is 0 Å². The molecule has 0 aliphatic carbocycles. The van der Waals surface area contributed by atoms with Crippen LogP contribution in [0, 0.1) is 5.82 Å². The third-order valence-corrected chi connectivity index (χ3v) is 7.00. The van der Waals surface area contributed by atoms with E-state index < -0.39 is 21.1 Å². The Kier molecular flexibility index (Phi) is 5.17. The maximum atomic E-state index is 13.5. The summed E-state index contributed by atoms with van der Waals surface area (Å²) in [7, 11) is -3.13. The van der Waals surface area contributed by atoms with Crippen molar-refractivity contribution < 1.29 is 12.8 Å². The fourth-order valence-electron chi connectivity index (χ4n) is 2.67. The molecule has 1 saturated heterocycles. The highest BCUT2D eigenvalue weighted by Gasteiger charge is 2.35. The molecule has 1 aliphatic heterocycles. The van der Waals surface area contributed by atoms with Crippen molar-refractivity contribution in [3.8, 4) is 0 Å². The van der Waals surface area contributed by atoms with Gasteiger partial charge in [-0.25, -0.2) is 12.8 Å². The van der Waals surface area contributed by atoms with E-state index in [0.717, 1.165) is 6.42 Å². The molecule has 0 bridgehead atoms. The minimum Gasteiger partial charge on any atom is -0.271 e. The summed E-state index contributed by atoms with van der Waals surface area (Å²) < 4.78 is 38.2. The summed E-state index contributed by atoms with van der Waals surface area (Å²) in [6, 6.07) is 4.33. The molecule has 20 heavy (non-hydrogen) atoms. The number of halogens is 2. The number of benzene rings is 1. The lowest BCUT2D eigenvalue weighted by Crippen LogP contribution is -2.50. The fourth-order valence-corrected chi connectivity index (χ4v) is 5.21. The molecule has 0 spiro atoms. The van der Waals surface area contributed by atoms with E-state index in [1.54, 1.807) is 12.1 Å². The van der Waals surface area contributed by atoms with Crippen molar-refractivity contribution in [2.75, 3.05) is 5.75 Å². The first-order valence-electron chi connectivity index (χ1n) is 6.56. The van der Waals surface area contributed by atoms with Crippen LogP contribution in [0.5, 0.6) is 0 Å². The smallest absolute Gasteiger partial charge is 0.154 e. The van der Waals surface area contributed by atoms with Gasteiger partial charge in [-0.15, -0.1) is 0 Å². The fraction of sp³-hybridized carbons (Fsp3) is 0.538. The second-order valence-electron chi connectivity index (χ2n) is 5.09. The molecular weight excluding hydrogens is 347 g/mol. The Labute approximate surface area is 126 Å². The number of hydrazine groups is 1. The third kappa shape index (κ3) is 3.39. The van der Waals surface area contributed by atoms with Crippen molar-refractivity contribution >= 4 is 25.8 Å². The largest absolute Gasteiger partial charge is 0.271 e. The summed E-state index contributed by atoms with van der Waals surface area (Å²) in [5.41, 5.74) is 3.32. The van der Waals surface area contributed by atoms with E-state index in [2.05, 4.69) is 21.4 Å². The van der Waals surface area contributed by atoms with E-state index >= 15 is 0 Å². The second kappa shape index (κ2) is 6.51. The Balaban J connectivity index is 2.22. The summed E-state index contributed by atoms with van der Waals surface area (Å²) in [6.07, 6.45) is 2.56. The number of nitrogens with two attached hydrogens (primary N) is 1. The van der Waals surface area contributed by atoms with Crippen LogP contribution in [0.4, 0.5) is 4.39 Å². The monoisotopic (exact) mass is 364 g/mol. The highest BCUT2D eigenvalue weighted by molar-refractivity contribution is 9.10. The van der Waals surface area contributed by atoms with Gasteiger partial charge in [-0.1, -0.05) is 18.6 Å². The molecule has 2 atom stereocenters. The average Bonchev–Trinajstić information content (AvgIpc) is 2.41. The SMILES string of the molecule is NNC(Cc1cccc(F)c1Br)C1CCCCS1(=O)=O. The Hall–Kier alpha value is -0.500. The van der Waals surface area contributed by atoms with Gasteiger partial charge in [0.15, 0.2) is 9.84 Å². The highest BCUT2D eigenvalue weighted by atomic mass is 79.9. The molecule has 2 rings (SSSR count). The van der Waals surface area contributed by atoms with Crippen LogP contribution in [0.3, 0.4) is 0 Å². The summed E-state index contributed by atoms with van der Waals surface area (Å²) in [6.45, 7) is 0. The maximum absolute atomic E-state index is 13.5. The van der Waals surface area contributed by atoms with Crippen LogP contribution in [0.2, 0.25) is 0 Å². The number of nitrogens with one attached hydrogen (secondary N) is 1. The van der Waals surface area contributed by atoms with Crippen molar-refractivity contribution in [2.45, 2.75) is 37.0 Å². The molecule has 0 amide bonds. The van der Waals surface area contributed by atoms with E-state index in [1.165, 1.54) is 6.07 Å². The van der Waals surface area contributed by atoms with Gasteiger partial charge in [0.25, 0.3) is 0 Å². The molecule has 3 N–H and O–H groups in total. The molecule has 4 nitrogen and oxygen atoms in total. The molecule has 0 radical (unpaired) electrons. The van der Waals surface area contributed by atoms with Crippen LogP contribution >= 0.6 is 15.9 Å². The molecule has 112 valence electrons. The minimum absolute atomic E-state index is 0.208. The number of hydrogen-bond acceptors (Lipinski definition) is 4. The number of rotatable bonds is 4. The first-order valence-corrected chi connectivity index (χ1v) is 9.07. The molecule has 0 aromatic heterocycles. The molecule has 1 heterocycles. The van der Waals surface area contributed by atoms with Gasteiger partial charge in [0.1, 0.15) is 5.82 Å². The van der Waals surface area contributed by atoms with Crippen LogP contribution in [0.15, 0.2) is 22.7 Å². The Morgan fingerprint density at radius 2 is 2.20 bits per heavy atom. The van der Waals surface area contributed by atoms with Gasteiger partial charge in [0.2, 0.25) is 0 Å². The van der Waals surface area contributed by atoms with Crippen LogP contribution in [-0.4, -0.2) is 25.5 Å². The van der Waals surface area contributed by atoms with Gasteiger partial charge in [0.05, 0.1) is 15.5 Å². The zero-order valence-electron chi connectivity index (χ0n) is 11.0. The normalized spacial score (nSPS) is 23.4. The Bertz CT molecular complexity index is 580. The van der Waals surface area contributed by atoms with Crippen molar-refractivity contribution in [1.29, 1.82) is 0 Å². The molecule has 0 saturated carbocycles. The third-order valence-electron chi connectivity index (χ3n) is 3.76. The van der Waals surface area contributed by atoms with E-state index in [4.69, 9.17) is 5.84 Å². The van der Waals surface area contributed by atoms with Crippen LogP contribution < -0.4 is 11.3 Å². The highest BCUT2D eigenvalue weighted by Crippen LogP contribution is 2.27.